The Morgan fingerprint density at radius 1 is 1.23 bits per heavy atom. The van der Waals surface area contributed by atoms with Gasteiger partial charge in [0, 0.05) is 37.8 Å². The smallest absolute Gasteiger partial charge is 0.221 e. The largest absolute Gasteiger partial charge is 0.469 e. The van der Waals surface area contributed by atoms with E-state index in [0.29, 0.717) is 12.5 Å². The number of carbonyl (C=O) groups is 1. The van der Waals surface area contributed by atoms with Gasteiger partial charge >= 0.3 is 0 Å². The molecule has 0 radical (unpaired) electrons. The van der Waals surface area contributed by atoms with Crippen LogP contribution in [0, 0.1) is 0 Å². The molecule has 2 heterocycles. The van der Waals surface area contributed by atoms with Crippen LogP contribution in [0.5, 0.6) is 0 Å². The normalized spacial score (nSPS) is 17.1. The summed E-state index contributed by atoms with van der Waals surface area (Å²) in [5.41, 5.74) is 1.12. The van der Waals surface area contributed by atoms with E-state index in [-0.39, 0.29) is 11.8 Å². The third-order valence-corrected chi connectivity index (χ3v) is 5.63. The second kappa shape index (κ2) is 9.83. The average Bonchev–Trinajstić information content (AvgIpc) is 3.21. The van der Waals surface area contributed by atoms with Crippen LogP contribution in [0.15, 0.2) is 53.1 Å². The van der Waals surface area contributed by atoms with Crippen LogP contribution in [0.1, 0.15) is 36.5 Å². The molecule has 0 aliphatic carbocycles. The van der Waals surface area contributed by atoms with Crippen molar-refractivity contribution in [2.45, 2.75) is 31.2 Å². The Kier molecular flexibility index (Phi) is 7.21. The number of rotatable bonds is 8. The lowest BCUT2D eigenvalue weighted by atomic mass is 9.92. The van der Waals surface area contributed by atoms with E-state index in [1.165, 1.54) is 5.75 Å². The first kappa shape index (κ1) is 19.1. The monoisotopic (exact) mass is 372 g/mol. The number of carbonyl (C=O) groups excluding carboxylic acids is 1. The summed E-state index contributed by atoms with van der Waals surface area (Å²) in [6.45, 7) is 3.30. The van der Waals surface area contributed by atoms with Crippen molar-refractivity contribution in [3.63, 3.8) is 0 Å². The second-order valence-electron chi connectivity index (χ2n) is 6.86. The third-order valence-electron chi connectivity index (χ3n) is 5.04. The molecule has 0 saturated carbocycles. The third kappa shape index (κ3) is 5.39. The number of nitrogens with zero attached hydrogens (tertiary/aromatic N) is 1. The molecular formula is C21H28N2O2S. The number of hydrogen-bond donors (Lipinski definition) is 1. The number of furan rings is 1. The highest BCUT2D eigenvalue weighted by Gasteiger charge is 2.24. The zero-order valence-electron chi connectivity index (χ0n) is 15.4. The molecule has 5 heteroatoms. The molecule has 1 aromatic carbocycles. The zero-order chi connectivity index (χ0) is 18.2. The number of likely N-dealkylation sites (tertiary alicyclic amines) is 1. The van der Waals surface area contributed by atoms with Gasteiger partial charge in [0.15, 0.2) is 0 Å². The van der Waals surface area contributed by atoms with Gasteiger partial charge in [-0.2, -0.15) is 11.8 Å². The van der Waals surface area contributed by atoms with Gasteiger partial charge in [0.1, 0.15) is 5.76 Å². The van der Waals surface area contributed by atoms with E-state index < -0.39 is 0 Å². The van der Waals surface area contributed by atoms with Gasteiger partial charge in [-0.15, -0.1) is 0 Å². The standard InChI is InChI=1S/C21H28N2O2S/c1-26-15-13-23-11-9-18(10-12-23)22-21(24)16-19(20-8-5-14-25-20)17-6-3-2-4-7-17/h2-8,14,18-19H,9-13,15-16H2,1H3,(H,22,24). The molecule has 140 valence electrons. The van der Waals surface area contributed by atoms with Crippen molar-refractivity contribution in [2.75, 3.05) is 31.6 Å². The highest BCUT2D eigenvalue weighted by molar-refractivity contribution is 7.98. The minimum atomic E-state index is -0.0344. The Hall–Kier alpha value is -1.72. The van der Waals surface area contributed by atoms with E-state index in [4.69, 9.17) is 4.42 Å². The van der Waals surface area contributed by atoms with Crippen molar-refractivity contribution in [2.24, 2.45) is 0 Å². The van der Waals surface area contributed by atoms with Crippen LogP contribution >= 0.6 is 11.8 Å². The molecule has 1 unspecified atom stereocenters. The SMILES string of the molecule is CSCCN1CCC(NC(=O)CC(c2ccccc2)c2ccco2)CC1. The van der Waals surface area contributed by atoms with Crippen molar-refractivity contribution >= 4 is 17.7 Å². The lowest BCUT2D eigenvalue weighted by Gasteiger charge is -2.32. The highest BCUT2D eigenvalue weighted by atomic mass is 32.2. The Balaban J connectivity index is 1.54. The number of benzene rings is 1. The molecule has 4 nitrogen and oxygen atoms in total. The van der Waals surface area contributed by atoms with Crippen LogP contribution in [0.2, 0.25) is 0 Å². The van der Waals surface area contributed by atoms with E-state index in [1.807, 2.05) is 42.1 Å². The predicted molar refractivity (Wildman–Crippen MR) is 108 cm³/mol. The first-order valence-electron chi connectivity index (χ1n) is 9.35. The molecule has 1 aliphatic rings. The minimum absolute atomic E-state index is 0.0344. The molecule has 1 atom stereocenters. The maximum atomic E-state index is 12.7. The summed E-state index contributed by atoms with van der Waals surface area (Å²) in [5.74, 6) is 2.10. The van der Waals surface area contributed by atoms with Crippen LogP contribution in [0.25, 0.3) is 0 Å². The number of nitrogens with one attached hydrogen (secondary N) is 1. The molecular weight excluding hydrogens is 344 g/mol. The topological polar surface area (TPSA) is 45.5 Å². The van der Waals surface area contributed by atoms with E-state index in [9.17, 15) is 4.79 Å². The summed E-state index contributed by atoms with van der Waals surface area (Å²) < 4.78 is 5.60. The van der Waals surface area contributed by atoms with Gasteiger partial charge in [0.05, 0.1) is 12.2 Å². The molecule has 1 fully saturated rings. The van der Waals surface area contributed by atoms with E-state index in [1.54, 1.807) is 6.26 Å². The van der Waals surface area contributed by atoms with Gasteiger partial charge in [-0.3, -0.25) is 4.79 Å². The summed E-state index contributed by atoms with van der Waals surface area (Å²) in [4.78, 5) is 15.2. The van der Waals surface area contributed by atoms with Crippen LogP contribution in [-0.2, 0) is 4.79 Å². The van der Waals surface area contributed by atoms with Gasteiger partial charge in [0.25, 0.3) is 0 Å². The quantitative estimate of drug-likeness (QED) is 0.767. The fraction of sp³-hybridized carbons (Fsp3) is 0.476. The average molecular weight is 373 g/mol. The van der Waals surface area contributed by atoms with Crippen molar-refractivity contribution in [3.05, 3.63) is 60.1 Å². The van der Waals surface area contributed by atoms with Crippen LogP contribution < -0.4 is 5.32 Å². The summed E-state index contributed by atoms with van der Waals surface area (Å²) in [5, 5.41) is 3.25. The summed E-state index contributed by atoms with van der Waals surface area (Å²) >= 11 is 1.89. The Labute approximate surface area is 160 Å². The molecule has 3 rings (SSSR count). The Bertz CT molecular complexity index is 652. The fourth-order valence-corrected chi connectivity index (χ4v) is 3.99. The van der Waals surface area contributed by atoms with Crippen molar-refractivity contribution in [1.29, 1.82) is 0 Å². The second-order valence-corrected chi connectivity index (χ2v) is 7.84. The van der Waals surface area contributed by atoms with Gasteiger partial charge in [0.2, 0.25) is 5.91 Å². The molecule has 0 bridgehead atoms. The molecule has 0 spiro atoms. The number of piperidine rings is 1. The molecule has 1 aliphatic heterocycles. The minimum Gasteiger partial charge on any atom is -0.469 e. The molecule has 26 heavy (non-hydrogen) atoms. The van der Waals surface area contributed by atoms with Crippen molar-refractivity contribution in [3.8, 4) is 0 Å². The number of thioether (sulfide) groups is 1. The summed E-state index contributed by atoms with van der Waals surface area (Å²) in [7, 11) is 0. The lowest BCUT2D eigenvalue weighted by Crippen LogP contribution is -2.45. The molecule has 1 N–H and O–H groups in total. The Morgan fingerprint density at radius 3 is 2.65 bits per heavy atom. The van der Waals surface area contributed by atoms with Gasteiger partial charge in [-0.05, 0) is 36.8 Å². The first-order chi connectivity index (χ1) is 12.8. The van der Waals surface area contributed by atoms with Crippen LogP contribution in [0.4, 0.5) is 0 Å². The van der Waals surface area contributed by atoms with Crippen LogP contribution in [-0.4, -0.2) is 48.5 Å². The van der Waals surface area contributed by atoms with E-state index in [0.717, 1.165) is 43.8 Å². The van der Waals surface area contributed by atoms with Gasteiger partial charge in [-0.25, -0.2) is 0 Å². The first-order valence-corrected chi connectivity index (χ1v) is 10.7. The van der Waals surface area contributed by atoms with Crippen molar-refractivity contribution in [1.82, 2.24) is 10.2 Å². The summed E-state index contributed by atoms with van der Waals surface area (Å²) in [6, 6.07) is 14.3. The molecule has 2 aromatic rings. The van der Waals surface area contributed by atoms with Gasteiger partial charge < -0.3 is 14.6 Å². The number of amides is 1. The predicted octanol–water partition coefficient (Wildman–Crippen LogP) is 3.75. The maximum Gasteiger partial charge on any atom is 0.221 e. The Morgan fingerprint density at radius 2 is 2.00 bits per heavy atom. The molecule has 1 saturated heterocycles. The molecule has 1 amide bonds. The van der Waals surface area contributed by atoms with Crippen LogP contribution in [0.3, 0.4) is 0 Å². The highest BCUT2D eigenvalue weighted by Crippen LogP contribution is 2.28. The van der Waals surface area contributed by atoms with Gasteiger partial charge in [-0.1, -0.05) is 30.3 Å². The van der Waals surface area contributed by atoms with E-state index >= 15 is 0 Å². The van der Waals surface area contributed by atoms with E-state index in [2.05, 4.69) is 28.6 Å². The lowest BCUT2D eigenvalue weighted by molar-refractivity contribution is -0.122. The number of hydrogen-bond acceptors (Lipinski definition) is 4. The molecule has 1 aromatic heterocycles. The van der Waals surface area contributed by atoms with Crippen molar-refractivity contribution < 1.29 is 9.21 Å². The summed E-state index contributed by atoms with van der Waals surface area (Å²) in [6.07, 6.45) is 6.32. The zero-order valence-corrected chi connectivity index (χ0v) is 16.2. The fourth-order valence-electron chi connectivity index (χ4n) is 3.55. The maximum absolute atomic E-state index is 12.7.